The van der Waals surface area contributed by atoms with Crippen LogP contribution >= 0.6 is 0 Å². The van der Waals surface area contributed by atoms with Gasteiger partial charge in [0.2, 0.25) is 0 Å². The molecule has 0 heterocycles. The van der Waals surface area contributed by atoms with Crippen LogP contribution in [0.25, 0.3) is 0 Å². The lowest BCUT2D eigenvalue weighted by molar-refractivity contribution is -0.0650. The molecule has 0 atom stereocenters. The Kier molecular flexibility index (Phi) is 1.45. The summed E-state index contributed by atoms with van der Waals surface area (Å²) in [6.45, 7) is 0. The van der Waals surface area contributed by atoms with Crippen LogP contribution in [0.2, 0.25) is 0 Å². The lowest BCUT2D eigenvalue weighted by Gasteiger charge is -1.81. The van der Waals surface area contributed by atoms with Crippen molar-refractivity contribution in [1.29, 1.82) is 0 Å². The summed E-state index contributed by atoms with van der Waals surface area (Å²) < 4.78 is 0. The van der Waals surface area contributed by atoms with Crippen molar-refractivity contribution < 1.29 is 5.21 Å². The molecule has 4 nitrogen and oxygen atoms in total. The van der Waals surface area contributed by atoms with Crippen molar-refractivity contribution in [2.24, 2.45) is 5.29 Å². The van der Waals surface area contributed by atoms with Crippen LogP contribution in [-0.4, -0.2) is 17.4 Å². The van der Waals surface area contributed by atoms with E-state index in [1.807, 2.05) is 0 Å². The predicted octanol–water partition coefficient (Wildman–Crippen LogP) is -0.761. The molecule has 0 amide bonds. The molecule has 0 unspecified atom stereocenters. The van der Waals surface area contributed by atoms with Gasteiger partial charge < -0.3 is 0 Å². The summed E-state index contributed by atoms with van der Waals surface area (Å²) in [6.07, 6.45) is 0. The second-order valence-electron chi connectivity index (χ2n) is 0.605. The van der Waals surface area contributed by atoms with Crippen LogP contribution in [-0.2, 0) is 0 Å². The highest BCUT2D eigenvalue weighted by Gasteiger charge is 1.78. The van der Waals surface area contributed by atoms with E-state index in [0.29, 0.717) is 5.17 Å². The Bertz CT molecular complexity index is 34.6. The molecule has 2 N–H and O–H groups in total. The molecular formula is CH5N2O2+. The highest BCUT2D eigenvalue weighted by Crippen LogP contribution is 1.63. The Hall–Kier alpha value is -0.640. The van der Waals surface area contributed by atoms with Crippen LogP contribution in [0, 0.1) is 4.91 Å². The van der Waals surface area contributed by atoms with Gasteiger partial charge in [-0.2, -0.15) is 0 Å². The lowest BCUT2D eigenvalue weighted by atomic mass is 11.5. The number of hydroxylamine groups is 1. The topological polar surface area (TPSA) is 55.6 Å². The third-order valence-corrected chi connectivity index (χ3v) is 0.122. The normalized spacial score (nSPS) is 6.80. The summed E-state index contributed by atoms with van der Waals surface area (Å²) in [5.41, 5.74) is 0. The van der Waals surface area contributed by atoms with Crippen LogP contribution in [0.1, 0.15) is 0 Å². The summed E-state index contributed by atoms with van der Waals surface area (Å²) in [5.74, 6) is 0. The molecule has 4 heteroatoms. The second kappa shape index (κ2) is 1.66. The average Bonchev–Trinajstić information content (AvgIpc) is 1.38. The Morgan fingerprint density at radius 3 is 2.20 bits per heavy atom. The average molecular weight is 77.1 g/mol. The number of nitroso groups, excluding NO2 is 1. The summed E-state index contributed by atoms with van der Waals surface area (Å²) >= 11 is 0. The zero-order valence-electron chi connectivity index (χ0n) is 2.80. The van der Waals surface area contributed by atoms with Crippen molar-refractivity contribution in [3.8, 4) is 0 Å². The smallest absolute Gasteiger partial charge is 0.119 e. The first-order chi connectivity index (χ1) is 2.27. The van der Waals surface area contributed by atoms with Crippen molar-refractivity contribution in [3.63, 3.8) is 0 Å². The van der Waals surface area contributed by atoms with Crippen molar-refractivity contribution in [3.05, 3.63) is 4.91 Å². The fourth-order valence-corrected chi connectivity index (χ4v) is 0. The first-order valence-electron chi connectivity index (χ1n) is 1.05. The SMILES string of the molecule is CN([OH2+])N=O. The van der Waals surface area contributed by atoms with Gasteiger partial charge in [0.05, 0.1) is 0 Å². The molecule has 5 heavy (non-hydrogen) atoms. The van der Waals surface area contributed by atoms with Crippen molar-refractivity contribution >= 4 is 0 Å². The molecule has 30 valence electrons. The van der Waals surface area contributed by atoms with Gasteiger partial charge in [-0.05, 0) is 5.17 Å². The van der Waals surface area contributed by atoms with Crippen LogP contribution in [0.4, 0.5) is 0 Å². The van der Waals surface area contributed by atoms with E-state index in [9.17, 15) is 0 Å². The molecule has 0 aliphatic carbocycles. The lowest BCUT2D eigenvalue weighted by Crippen LogP contribution is -1.99. The van der Waals surface area contributed by atoms with Crippen molar-refractivity contribution in [1.82, 2.24) is 5.17 Å². The maximum absolute atomic E-state index is 8.99. The first-order valence-corrected chi connectivity index (χ1v) is 1.05. The van der Waals surface area contributed by atoms with E-state index in [-0.39, 0.29) is 0 Å². The molecule has 0 aromatic heterocycles. The molecule has 0 spiro atoms. The molecular weight excluding hydrogens is 72.0 g/mol. The van der Waals surface area contributed by atoms with Gasteiger partial charge in [-0.25, -0.2) is 0 Å². The third kappa shape index (κ3) is 3.36. The highest BCUT2D eigenvalue weighted by atomic mass is 16.6. The molecule has 0 radical (unpaired) electrons. The van der Waals surface area contributed by atoms with Gasteiger partial charge in [0.1, 0.15) is 12.3 Å². The zero-order valence-corrected chi connectivity index (χ0v) is 2.80. The van der Waals surface area contributed by atoms with Crippen molar-refractivity contribution in [2.45, 2.75) is 0 Å². The van der Waals surface area contributed by atoms with Gasteiger partial charge in [-0.3, -0.25) is 5.21 Å². The predicted molar refractivity (Wildman–Crippen MR) is 17.2 cm³/mol. The molecule has 0 bridgehead atoms. The summed E-state index contributed by atoms with van der Waals surface area (Å²) in [4.78, 5) is 8.99. The Morgan fingerprint density at radius 2 is 2.20 bits per heavy atom. The summed E-state index contributed by atoms with van der Waals surface area (Å²) in [7, 11) is 1.24. The van der Waals surface area contributed by atoms with Gasteiger partial charge in [-0.1, -0.05) is 0 Å². The summed E-state index contributed by atoms with van der Waals surface area (Å²) in [5, 5.41) is 8.76. The Balaban J connectivity index is 2.83. The highest BCUT2D eigenvalue weighted by molar-refractivity contribution is 4.05. The fourth-order valence-electron chi connectivity index (χ4n) is 0. The maximum Gasteiger partial charge on any atom is 0.119 e. The van der Waals surface area contributed by atoms with Crippen molar-refractivity contribution in [2.75, 3.05) is 7.05 Å². The number of nitrogens with zero attached hydrogens (tertiary/aromatic N) is 2. The zero-order chi connectivity index (χ0) is 4.28. The maximum atomic E-state index is 8.99. The minimum atomic E-state index is 0.444. The van der Waals surface area contributed by atoms with Gasteiger partial charge in [0.15, 0.2) is 0 Å². The minimum absolute atomic E-state index is 0.444. The van der Waals surface area contributed by atoms with E-state index >= 15 is 0 Å². The van der Waals surface area contributed by atoms with Gasteiger partial charge in [0.25, 0.3) is 0 Å². The molecule has 0 aliphatic heterocycles. The molecule has 0 aromatic carbocycles. The molecule has 0 saturated carbocycles. The van der Waals surface area contributed by atoms with E-state index in [2.05, 4.69) is 5.29 Å². The van der Waals surface area contributed by atoms with Gasteiger partial charge >= 0.3 is 0 Å². The standard InChI is InChI=1S/CH4N2O2/c1-3(5)2-4/h5H,1H3/p+1. The Labute approximate surface area is 28.9 Å². The number of hydrogen-bond donors (Lipinski definition) is 0. The van der Waals surface area contributed by atoms with Crippen LogP contribution < -0.4 is 0 Å². The fraction of sp³-hybridized carbons (Fsp3) is 1.00. The van der Waals surface area contributed by atoms with E-state index in [1.165, 1.54) is 7.05 Å². The second-order valence-corrected chi connectivity index (χ2v) is 0.605. The number of hydrogen-bond acceptors (Lipinski definition) is 2. The van der Waals surface area contributed by atoms with Gasteiger partial charge in [0, 0.05) is 0 Å². The number of rotatable bonds is 1. The van der Waals surface area contributed by atoms with Crippen LogP contribution in [0.15, 0.2) is 5.29 Å². The quantitative estimate of drug-likeness (QED) is 0.234. The molecule has 0 aliphatic rings. The molecule has 0 saturated heterocycles. The van der Waals surface area contributed by atoms with E-state index in [0.717, 1.165) is 0 Å². The van der Waals surface area contributed by atoms with E-state index < -0.39 is 0 Å². The van der Waals surface area contributed by atoms with Crippen LogP contribution in [0.3, 0.4) is 0 Å². The molecule has 0 fully saturated rings. The van der Waals surface area contributed by atoms with Gasteiger partial charge in [-0.15, -0.1) is 4.91 Å². The van der Waals surface area contributed by atoms with E-state index in [1.54, 1.807) is 0 Å². The third-order valence-electron chi connectivity index (χ3n) is 0.122. The minimum Gasteiger partial charge on any atom is -0.293 e. The van der Waals surface area contributed by atoms with Crippen LogP contribution in [0.5, 0.6) is 0 Å². The molecule has 0 aromatic rings. The largest absolute Gasteiger partial charge is 0.293 e. The summed E-state index contributed by atoms with van der Waals surface area (Å²) in [6, 6.07) is 0. The Morgan fingerprint density at radius 1 is 2.00 bits per heavy atom. The monoisotopic (exact) mass is 77.0 g/mol. The van der Waals surface area contributed by atoms with E-state index in [4.69, 9.17) is 10.1 Å². The molecule has 0 rings (SSSR count). The first kappa shape index (κ1) is 4.36.